The predicted octanol–water partition coefficient (Wildman–Crippen LogP) is 5.11. The first kappa shape index (κ1) is 18.3. The Morgan fingerprint density at radius 1 is 1.07 bits per heavy atom. The van der Waals surface area contributed by atoms with E-state index in [1.165, 1.54) is 4.90 Å². The number of amides is 3. The van der Waals surface area contributed by atoms with Crippen molar-refractivity contribution < 1.29 is 14.0 Å². The average Bonchev–Trinajstić information content (AvgIpc) is 3.24. The Kier molecular flexibility index (Phi) is 4.88. The van der Waals surface area contributed by atoms with Crippen LogP contribution in [0, 0.1) is 6.92 Å². The Morgan fingerprint density at radius 2 is 1.86 bits per heavy atom. The van der Waals surface area contributed by atoms with Crippen LogP contribution in [0.2, 0.25) is 0 Å². The summed E-state index contributed by atoms with van der Waals surface area (Å²) < 4.78 is 6.77. The predicted molar refractivity (Wildman–Crippen MR) is 110 cm³/mol. The minimum atomic E-state index is -0.435. The molecule has 0 radical (unpaired) electrons. The number of furan rings is 1. The highest BCUT2D eigenvalue weighted by Gasteiger charge is 2.33. The normalized spacial score (nSPS) is 15.4. The highest BCUT2D eigenvalue weighted by atomic mass is 79.9. The monoisotopic (exact) mass is 436 g/mol. The maximum absolute atomic E-state index is 12.6. The van der Waals surface area contributed by atoms with E-state index < -0.39 is 6.03 Å². The number of rotatable bonds is 4. The lowest BCUT2D eigenvalue weighted by Crippen LogP contribution is -2.30. The van der Waals surface area contributed by atoms with Crippen molar-refractivity contribution in [1.29, 1.82) is 0 Å². The minimum absolute atomic E-state index is 0.201. The summed E-state index contributed by atoms with van der Waals surface area (Å²) >= 11 is 3.44. The zero-order valence-corrected chi connectivity index (χ0v) is 16.7. The van der Waals surface area contributed by atoms with Crippen LogP contribution in [0.25, 0.3) is 17.4 Å². The lowest BCUT2D eigenvalue weighted by Gasteiger charge is -2.11. The summed E-state index contributed by atoms with van der Waals surface area (Å²) in [6.07, 6.45) is 1.55. The van der Waals surface area contributed by atoms with Crippen molar-refractivity contribution >= 4 is 33.9 Å². The SMILES string of the molecule is Cc1ccc(CN2C(=O)N/C(=C/c3ccc(-c4cccc(Br)c4)o3)C2=O)cc1. The fraction of sp³-hybridized carbons (Fsp3) is 0.0909. The molecule has 0 aliphatic carbocycles. The fourth-order valence-electron chi connectivity index (χ4n) is 2.96. The van der Waals surface area contributed by atoms with Gasteiger partial charge in [-0.15, -0.1) is 0 Å². The van der Waals surface area contributed by atoms with Crippen LogP contribution >= 0.6 is 15.9 Å². The maximum atomic E-state index is 12.6. The molecule has 0 unspecified atom stereocenters. The Labute approximate surface area is 170 Å². The van der Waals surface area contributed by atoms with E-state index in [1.807, 2.05) is 61.5 Å². The second-order valence-corrected chi connectivity index (χ2v) is 7.49. The molecule has 1 aliphatic rings. The van der Waals surface area contributed by atoms with Gasteiger partial charge in [0.15, 0.2) is 0 Å². The summed E-state index contributed by atoms with van der Waals surface area (Å²) in [5, 5.41) is 2.62. The molecule has 1 N–H and O–H groups in total. The average molecular weight is 437 g/mol. The second kappa shape index (κ2) is 7.48. The van der Waals surface area contributed by atoms with Crippen LogP contribution in [0.15, 0.2) is 75.3 Å². The summed E-state index contributed by atoms with van der Waals surface area (Å²) in [6.45, 7) is 2.22. The molecule has 1 aliphatic heterocycles. The number of urea groups is 1. The molecule has 28 heavy (non-hydrogen) atoms. The molecule has 6 heteroatoms. The van der Waals surface area contributed by atoms with Gasteiger partial charge in [-0.25, -0.2) is 4.79 Å². The van der Waals surface area contributed by atoms with Crippen LogP contribution in [-0.2, 0) is 11.3 Å². The molecule has 0 atom stereocenters. The van der Waals surface area contributed by atoms with Crippen molar-refractivity contribution in [2.75, 3.05) is 0 Å². The number of hydrogen-bond acceptors (Lipinski definition) is 3. The highest BCUT2D eigenvalue weighted by Crippen LogP contribution is 2.26. The van der Waals surface area contributed by atoms with Gasteiger partial charge in [-0.2, -0.15) is 0 Å². The van der Waals surface area contributed by atoms with Crippen molar-refractivity contribution in [3.63, 3.8) is 0 Å². The Balaban J connectivity index is 1.53. The molecular weight excluding hydrogens is 420 g/mol. The van der Waals surface area contributed by atoms with Crippen molar-refractivity contribution in [3.05, 3.63) is 87.7 Å². The smallest absolute Gasteiger partial charge is 0.329 e. The standard InChI is InChI=1S/C22H17BrN2O3/c1-14-5-7-15(8-6-14)13-25-21(26)19(24-22(25)27)12-18-9-10-20(28-18)16-3-2-4-17(23)11-16/h2-12H,13H2,1H3,(H,24,27)/b19-12+. The van der Waals surface area contributed by atoms with Crippen LogP contribution < -0.4 is 5.32 Å². The van der Waals surface area contributed by atoms with E-state index in [0.29, 0.717) is 11.5 Å². The lowest BCUT2D eigenvalue weighted by molar-refractivity contribution is -0.123. The maximum Gasteiger partial charge on any atom is 0.329 e. The van der Waals surface area contributed by atoms with Crippen molar-refractivity contribution in [1.82, 2.24) is 10.2 Å². The molecule has 0 spiro atoms. The molecule has 0 bridgehead atoms. The molecule has 1 saturated heterocycles. The molecule has 3 aromatic rings. The fourth-order valence-corrected chi connectivity index (χ4v) is 3.36. The van der Waals surface area contributed by atoms with Gasteiger partial charge in [0.05, 0.1) is 6.54 Å². The van der Waals surface area contributed by atoms with Gasteiger partial charge in [-0.1, -0.05) is 57.9 Å². The van der Waals surface area contributed by atoms with Crippen molar-refractivity contribution in [3.8, 4) is 11.3 Å². The largest absolute Gasteiger partial charge is 0.457 e. The van der Waals surface area contributed by atoms with Crippen LogP contribution in [0.1, 0.15) is 16.9 Å². The molecule has 1 fully saturated rings. The van der Waals surface area contributed by atoms with Crippen molar-refractivity contribution in [2.45, 2.75) is 13.5 Å². The summed E-state index contributed by atoms with van der Waals surface area (Å²) in [5.74, 6) is 0.809. The van der Waals surface area contributed by atoms with E-state index in [4.69, 9.17) is 4.42 Å². The quantitative estimate of drug-likeness (QED) is 0.456. The Bertz CT molecular complexity index is 1080. The number of aryl methyl sites for hydroxylation is 1. The summed E-state index contributed by atoms with van der Waals surface area (Å²) in [5.41, 5.74) is 3.14. The number of carbonyl (C=O) groups excluding carboxylic acids is 2. The first-order chi connectivity index (χ1) is 13.5. The van der Waals surface area contributed by atoms with Gasteiger partial charge in [0.1, 0.15) is 17.2 Å². The zero-order chi connectivity index (χ0) is 19.7. The first-order valence-corrected chi connectivity index (χ1v) is 9.55. The molecule has 1 aromatic heterocycles. The van der Waals surface area contributed by atoms with Crippen LogP contribution in [0.4, 0.5) is 4.79 Å². The minimum Gasteiger partial charge on any atom is -0.457 e. The van der Waals surface area contributed by atoms with E-state index in [-0.39, 0.29) is 18.1 Å². The van der Waals surface area contributed by atoms with E-state index in [9.17, 15) is 9.59 Å². The summed E-state index contributed by atoms with van der Waals surface area (Å²) in [7, 11) is 0. The zero-order valence-electron chi connectivity index (χ0n) is 15.1. The molecule has 3 amide bonds. The number of halogens is 1. The Morgan fingerprint density at radius 3 is 2.61 bits per heavy atom. The highest BCUT2D eigenvalue weighted by molar-refractivity contribution is 9.10. The number of benzene rings is 2. The summed E-state index contributed by atoms with van der Waals surface area (Å²) in [4.78, 5) is 26.1. The molecule has 4 rings (SSSR count). The van der Waals surface area contributed by atoms with E-state index in [0.717, 1.165) is 21.2 Å². The Hall–Kier alpha value is -3.12. The van der Waals surface area contributed by atoms with Gasteiger partial charge in [0, 0.05) is 16.1 Å². The molecular formula is C22H17BrN2O3. The van der Waals surface area contributed by atoms with Gasteiger partial charge in [0.25, 0.3) is 5.91 Å². The molecule has 5 nitrogen and oxygen atoms in total. The second-order valence-electron chi connectivity index (χ2n) is 6.58. The number of nitrogens with one attached hydrogen (secondary N) is 1. The van der Waals surface area contributed by atoms with Crippen LogP contribution in [0.3, 0.4) is 0 Å². The molecule has 2 aromatic carbocycles. The van der Waals surface area contributed by atoms with Gasteiger partial charge < -0.3 is 9.73 Å². The number of nitrogens with zero attached hydrogens (tertiary/aromatic N) is 1. The molecule has 140 valence electrons. The first-order valence-electron chi connectivity index (χ1n) is 8.75. The topological polar surface area (TPSA) is 62.6 Å². The van der Waals surface area contributed by atoms with E-state index >= 15 is 0 Å². The van der Waals surface area contributed by atoms with Gasteiger partial charge >= 0.3 is 6.03 Å². The third kappa shape index (κ3) is 3.77. The summed E-state index contributed by atoms with van der Waals surface area (Å²) in [6, 6.07) is 18.6. The number of carbonyl (C=O) groups is 2. The van der Waals surface area contributed by atoms with Crippen molar-refractivity contribution in [2.24, 2.45) is 0 Å². The van der Waals surface area contributed by atoms with Crippen LogP contribution in [0.5, 0.6) is 0 Å². The van der Waals surface area contributed by atoms with Gasteiger partial charge in [0.2, 0.25) is 0 Å². The van der Waals surface area contributed by atoms with Crippen LogP contribution in [-0.4, -0.2) is 16.8 Å². The third-order valence-electron chi connectivity index (χ3n) is 4.45. The molecule has 0 saturated carbocycles. The van der Waals surface area contributed by atoms with E-state index in [2.05, 4.69) is 21.2 Å². The lowest BCUT2D eigenvalue weighted by atomic mass is 10.1. The molecule has 2 heterocycles. The third-order valence-corrected chi connectivity index (χ3v) is 4.94. The number of imide groups is 1. The van der Waals surface area contributed by atoms with E-state index in [1.54, 1.807) is 12.1 Å². The number of hydrogen-bond donors (Lipinski definition) is 1. The van der Waals surface area contributed by atoms with Gasteiger partial charge in [-0.3, -0.25) is 9.69 Å². The van der Waals surface area contributed by atoms with Gasteiger partial charge in [-0.05, 0) is 36.8 Å².